The molecule has 0 spiro atoms. The highest BCUT2D eigenvalue weighted by atomic mass is 16.5. The maximum Gasteiger partial charge on any atom is 0.237 e. The van der Waals surface area contributed by atoms with Crippen molar-refractivity contribution < 1.29 is 4.74 Å². The third-order valence-corrected chi connectivity index (χ3v) is 3.18. The molecule has 3 rings (SSSR count). The van der Waals surface area contributed by atoms with Crippen molar-refractivity contribution in [2.24, 2.45) is 0 Å². The summed E-state index contributed by atoms with van der Waals surface area (Å²) in [5.41, 5.74) is 2.02. The van der Waals surface area contributed by atoms with Crippen LogP contribution in [-0.2, 0) is 6.54 Å². The first kappa shape index (κ1) is 12.4. The van der Waals surface area contributed by atoms with Gasteiger partial charge in [-0.2, -0.15) is 0 Å². The van der Waals surface area contributed by atoms with Crippen molar-refractivity contribution >= 4 is 16.5 Å². The first-order valence-corrected chi connectivity index (χ1v) is 6.43. The lowest BCUT2D eigenvalue weighted by Gasteiger charge is -2.11. The molecular formula is C16H15N3O. The van der Waals surface area contributed by atoms with Crippen LogP contribution in [0.3, 0.4) is 0 Å². The molecule has 0 radical (unpaired) electrons. The first-order valence-electron chi connectivity index (χ1n) is 6.43. The average Bonchev–Trinajstić information content (AvgIpc) is 2.53. The molecule has 0 saturated heterocycles. The van der Waals surface area contributed by atoms with Crippen LogP contribution in [0.4, 0.5) is 5.69 Å². The fraction of sp³-hybridized carbons (Fsp3) is 0.125. The molecule has 4 nitrogen and oxygen atoms in total. The normalized spacial score (nSPS) is 10.4. The number of hydrogen-bond acceptors (Lipinski definition) is 4. The molecule has 1 N–H and O–H groups in total. The number of nitrogens with zero attached hydrogens (tertiary/aromatic N) is 2. The zero-order valence-corrected chi connectivity index (χ0v) is 11.2. The number of aromatic nitrogens is 2. The van der Waals surface area contributed by atoms with E-state index in [1.807, 2.05) is 36.7 Å². The van der Waals surface area contributed by atoms with Gasteiger partial charge in [0.2, 0.25) is 5.88 Å². The number of fused-ring (bicyclic) bond motifs is 1. The number of benzene rings is 1. The summed E-state index contributed by atoms with van der Waals surface area (Å²) in [5.74, 6) is 0.598. The van der Waals surface area contributed by atoms with Crippen molar-refractivity contribution in [1.29, 1.82) is 0 Å². The van der Waals surface area contributed by atoms with Gasteiger partial charge in [-0.1, -0.05) is 24.3 Å². The van der Waals surface area contributed by atoms with Crippen molar-refractivity contribution in [2.75, 3.05) is 12.4 Å². The van der Waals surface area contributed by atoms with Crippen molar-refractivity contribution in [2.45, 2.75) is 6.54 Å². The van der Waals surface area contributed by atoms with Crippen molar-refractivity contribution in [3.05, 3.63) is 60.6 Å². The summed E-state index contributed by atoms with van der Waals surface area (Å²) in [6.07, 6.45) is 5.48. The quantitative estimate of drug-likeness (QED) is 0.786. The highest BCUT2D eigenvalue weighted by Crippen LogP contribution is 2.22. The average molecular weight is 265 g/mol. The van der Waals surface area contributed by atoms with Crippen LogP contribution in [0.25, 0.3) is 10.8 Å². The molecular weight excluding hydrogens is 250 g/mol. The molecule has 0 atom stereocenters. The Morgan fingerprint density at radius 3 is 2.90 bits per heavy atom. The fourth-order valence-electron chi connectivity index (χ4n) is 2.20. The Morgan fingerprint density at radius 1 is 1.10 bits per heavy atom. The maximum atomic E-state index is 5.23. The number of nitrogens with one attached hydrogen (secondary N) is 1. The van der Waals surface area contributed by atoms with Gasteiger partial charge in [0.25, 0.3) is 0 Å². The summed E-state index contributed by atoms with van der Waals surface area (Å²) in [6.45, 7) is 0.677. The second-order valence-corrected chi connectivity index (χ2v) is 4.43. The van der Waals surface area contributed by atoms with Gasteiger partial charge < -0.3 is 10.1 Å². The van der Waals surface area contributed by atoms with E-state index in [0.717, 1.165) is 16.6 Å². The van der Waals surface area contributed by atoms with Crippen molar-refractivity contribution in [3.63, 3.8) is 0 Å². The van der Waals surface area contributed by atoms with E-state index in [2.05, 4.69) is 27.4 Å². The van der Waals surface area contributed by atoms with Crippen LogP contribution in [0.1, 0.15) is 5.56 Å². The van der Waals surface area contributed by atoms with Gasteiger partial charge in [-0.3, -0.25) is 4.98 Å². The fourth-order valence-corrected chi connectivity index (χ4v) is 2.20. The summed E-state index contributed by atoms with van der Waals surface area (Å²) in [6, 6.07) is 12.1. The van der Waals surface area contributed by atoms with E-state index in [4.69, 9.17) is 4.74 Å². The van der Waals surface area contributed by atoms with Crippen LogP contribution in [-0.4, -0.2) is 17.1 Å². The minimum absolute atomic E-state index is 0.598. The van der Waals surface area contributed by atoms with Crippen molar-refractivity contribution in [3.8, 4) is 5.88 Å². The smallest absolute Gasteiger partial charge is 0.237 e. The molecule has 100 valence electrons. The molecule has 0 saturated carbocycles. The lowest BCUT2D eigenvalue weighted by atomic mass is 10.1. The Morgan fingerprint density at radius 2 is 2.00 bits per heavy atom. The monoisotopic (exact) mass is 265 g/mol. The molecule has 3 aromatic rings. The molecule has 20 heavy (non-hydrogen) atoms. The Kier molecular flexibility index (Phi) is 3.46. The molecule has 0 aliphatic rings. The van der Waals surface area contributed by atoms with Gasteiger partial charge >= 0.3 is 0 Å². The second-order valence-electron chi connectivity index (χ2n) is 4.43. The molecule has 2 aromatic heterocycles. The molecule has 0 amide bonds. The van der Waals surface area contributed by atoms with E-state index < -0.39 is 0 Å². The predicted molar refractivity (Wildman–Crippen MR) is 79.9 cm³/mol. The minimum Gasteiger partial charge on any atom is -0.480 e. The highest BCUT2D eigenvalue weighted by molar-refractivity contribution is 5.84. The molecule has 0 aliphatic heterocycles. The van der Waals surface area contributed by atoms with E-state index in [0.29, 0.717) is 12.4 Å². The van der Waals surface area contributed by atoms with Gasteiger partial charge in [0, 0.05) is 30.5 Å². The van der Waals surface area contributed by atoms with Crippen LogP contribution >= 0.6 is 0 Å². The Bertz CT molecular complexity index is 722. The molecule has 2 heterocycles. The third kappa shape index (κ3) is 2.40. The molecule has 0 fully saturated rings. The highest BCUT2D eigenvalue weighted by Gasteiger charge is 2.05. The van der Waals surface area contributed by atoms with Gasteiger partial charge in [0.1, 0.15) is 0 Å². The largest absolute Gasteiger partial charge is 0.480 e. The topological polar surface area (TPSA) is 47.0 Å². The van der Waals surface area contributed by atoms with Gasteiger partial charge in [0.05, 0.1) is 12.8 Å². The van der Waals surface area contributed by atoms with Gasteiger partial charge in [-0.15, -0.1) is 0 Å². The van der Waals surface area contributed by atoms with E-state index in [1.165, 1.54) is 5.39 Å². The van der Waals surface area contributed by atoms with Gasteiger partial charge in [-0.25, -0.2) is 4.98 Å². The number of hydrogen-bond donors (Lipinski definition) is 1. The Balaban J connectivity index is 1.87. The predicted octanol–water partition coefficient (Wildman–Crippen LogP) is 3.25. The number of pyridine rings is 2. The Hall–Kier alpha value is -2.62. The van der Waals surface area contributed by atoms with Crippen LogP contribution in [0, 0.1) is 0 Å². The lowest BCUT2D eigenvalue weighted by molar-refractivity contribution is 0.399. The van der Waals surface area contributed by atoms with E-state index in [9.17, 15) is 0 Å². The molecule has 0 unspecified atom stereocenters. The molecule has 0 bridgehead atoms. The van der Waals surface area contributed by atoms with Crippen LogP contribution in [0.2, 0.25) is 0 Å². The van der Waals surface area contributed by atoms with Crippen LogP contribution < -0.4 is 10.1 Å². The number of rotatable bonds is 4. The standard InChI is InChI=1S/C16H15N3O/c1-20-16-15(7-4-8-18-16)19-11-13-10-17-9-12-5-2-3-6-14(12)13/h2-10,19H,11H2,1H3. The van der Waals surface area contributed by atoms with Crippen LogP contribution in [0.15, 0.2) is 55.0 Å². The number of anilines is 1. The SMILES string of the molecule is COc1ncccc1NCc1cncc2ccccc12. The van der Waals surface area contributed by atoms with E-state index >= 15 is 0 Å². The van der Waals surface area contributed by atoms with Crippen LogP contribution in [0.5, 0.6) is 5.88 Å². The summed E-state index contributed by atoms with van der Waals surface area (Å²) in [4.78, 5) is 8.45. The zero-order valence-electron chi connectivity index (χ0n) is 11.2. The van der Waals surface area contributed by atoms with Gasteiger partial charge in [-0.05, 0) is 23.1 Å². The summed E-state index contributed by atoms with van der Waals surface area (Å²) in [7, 11) is 1.62. The summed E-state index contributed by atoms with van der Waals surface area (Å²) < 4.78 is 5.23. The molecule has 1 aromatic carbocycles. The minimum atomic E-state index is 0.598. The summed E-state index contributed by atoms with van der Waals surface area (Å²) >= 11 is 0. The van der Waals surface area contributed by atoms with Crippen molar-refractivity contribution in [1.82, 2.24) is 9.97 Å². The summed E-state index contributed by atoms with van der Waals surface area (Å²) in [5, 5.41) is 5.69. The number of ether oxygens (including phenoxy) is 1. The molecule has 4 heteroatoms. The Labute approximate surface area is 117 Å². The number of methoxy groups -OCH3 is 1. The van der Waals surface area contributed by atoms with E-state index in [1.54, 1.807) is 13.3 Å². The van der Waals surface area contributed by atoms with E-state index in [-0.39, 0.29) is 0 Å². The zero-order chi connectivity index (χ0) is 13.8. The third-order valence-electron chi connectivity index (χ3n) is 3.18. The first-order chi connectivity index (χ1) is 9.88. The lowest BCUT2D eigenvalue weighted by Crippen LogP contribution is -2.03. The maximum absolute atomic E-state index is 5.23. The van der Waals surface area contributed by atoms with Gasteiger partial charge in [0.15, 0.2) is 0 Å². The second kappa shape index (κ2) is 5.57. The molecule has 0 aliphatic carbocycles.